The molecule has 26 heavy (non-hydrogen) atoms. The van der Waals surface area contributed by atoms with E-state index in [2.05, 4.69) is 5.32 Å². The largest absolute Gasteiger partial charge is 0.491 e. The lowest BCUT2D eigenvalue weighted by Crippen LogP contribution is -2.30. The van der Waals surface area contributed by atoms with E-state index in [1.54, 1.807) is 12.1 Å². The predicted octanol–water partition coefficient (Wildman–Crippen LogP) is 3.94. The third-order valence-corrected chi connectivity index (χ3v) is 3.30. The van der Waals surface area contributed by atoms with E-state index in [1.165, 1.54) is 19.1 Å². The number of anilines is 1. The van der Waals surface area contributed by atoms with Gasteiger partial charge in [-0.1, -0.05) is 0 Å². The molecule has 0 aliphatic rings. The normalized spacial score (nSPS) is 11.8. The zero-order chi connectivity index (χ0) is 19.3. The van der Waals surface area contributed by atoms with Crippen molar-refractivity contribution in [1.82, 2.24) is 0 Å². The fourth-order valence-corrected chi connectivity index (χ4v) is 2.05. The van der Waals surface area contributed by atoms with Crippen LogP contribution in [-0.2, 0) is 9.53 Å². The van der Waals surface area contributed by atoms with Crippen LogP contribution in [0, 0.1) is 11.6 Å². The maximum atomic E-state index is 13.5. The average Bonchev–Trinajstić information content (AvgIpc) is 2.58. The van der Waals surface area contributed by atoms with Crippen molar-refractivity contribution in [2.24, 2.45) is 0 Å². The number of hydrogen-bond donors (Lipinski definition) is 1. The SMILES string of the molecule is CC(C)Oc1ccc(C(=O)O[C@H](C)C(=O)Nc2cc(F)ccc2F)cc1. The van der Waals surface area contributed by atoms with Crippen LogP contribution in [0.1, 0.15) is 31.1 Å². The molecule has 0 bridgehead atoms. The minimum absolute atomic E-state index is 0.000242. The van der Waals surface area contributed by atoms with E-state index < -0.39 is 29.6 Å². The molecule has 0 saturated heterocycles. The molecule has 0 heterocycles. The average molecular weight is 363 g/mol. The van der Waals surface area contributed by atoms with Crippen molar-refractivity contribution in [2.75, 3.05) is 5.32 Å². The molecule has 0 aliphatic carbocycles. The second-order valence-corrected chi connectivity index (χ2v) is 5.85. The molecular formula is C19H19F2NO4. The summed E-state index contributed by atoms with van der Waals surface area (Å²) in [6.45, 7) is 5.09. The Labute approximate surface area is 149 Å². The Balaban J connectivity index is 1.97. The van der Waals surface area contributed by atoms with Crippen LogP contribution in [-0.4, -0.2) is 24.1 Å². The summed E-state index contributed by atoms with van der Waals surface area (Å²) >= 11 is 0. The highest BCUT2D eigenvalue weighted by Gasteiger charge is 2.20. The molecule has 1 amide bonds. The number of carbonyl (C=O) groups is 2. The monoisotopic (exact) mass is 363 g/mol. The number of hydrogen-bond acceptors (Lipinski definition) is 4. The van der Waals surface area contributed by atoms with Gasteiger partial charge in [0, 0.05) is 6.07 Å². The number of carbonyl (C=O) groups excluding carboxylic acids is 2. The number of rotatable bonds is 6. The van der Waals surface area contributed by atoms with Crippen LogP contribution in [0.5, 0.6) is 5.75 Å². The molecule has 1 atom stereocenters. The number of esters is 1. The van der Waals surface area contributed by atoms with Gasteiger partial charge in [-0.3, -0.25) is 4.79 Å². The molecule has 0 saturated carbocycles. The quantitative estimate of drug-likeness (QED) is 0.790. The van der Waals surface area contributed by atoms with Crippen molar-refractivity contribution < 1.29 is 27.8 Å². The Bertz CT molecular complexity index is 791. The van der Waals surface area contributed by atoms with Crippen LogP contribution in [0.2, 0.25) is 0 Å². The first-order valence-electron chi connectivity index (χ1n) is 8.00. The van der Waals surface area contributed by atoms with E-state index >= 15 is 0 Å². The first kappa shape index (κ1) is 19.4. The number of halogens is 2. The minimum atomic E-state index is -1.20. The molecule has 0 unspecified atom stereocenters. The van der Waals surface area contributed by atoms with Crippen molar-refractivity contribution in [2.45, 2.75) is 33.0 Å². The van der Waals surface area contributed by atoms with E-state index in [-0.39, 0.29) is 17.4 Å². The fourth-order valence-electron chi connectivity index (χ4n) is 2.05. The van der Waals surface area contributed by atoms with Crippen LogP contribution < -0.4 is 10.1 Å². The molecular weight excluding hydrogens is 344 g/mol. The number of benzene rings is 2. The van der Waals surface area contributed by atoms with E-state index in [9.17, 15) is 18.4 Å². The molecule has 5 nitrogen and oxygen atoms in total. The maximum absolute atomic E-state index is 13.5. The van der Waals surface area contributed by atoms with Crippen LogP contribution >= 0.6 is 0 Å². The van der Waals surface area contributed by atoms with Gasteiger partial charge in [-0.05, 0) is 57.2 Å². The summed E-state index contributed by atoms with van der Waals surface area (Å²) in [6, 6.07) is 8.92. The van der Waals surface area contributed by atoms with Crippen molar-refractivity contribution >= 4 is 17.6 Å². The molecule has 2 rings (SSSR count). The molecule has 0 aliphatic heterocycles. The molecule has 0 spiro atoms. The van der Waals surface area contributed by atoms with E-state index in [0.717, 1.165) is 18.2 Å². The van der Waals surface area contributed by atoms with Crippen LogP contribution in [0.15, 0.2) is 42.5 Å². The fraction of sp³-hybridized carbons (Fsp3) is 0.263. The Kier molecular flexibility index (Phi) is 6.27. The summed E-state index contributed by atoms with van der Waals surface area (Å²) < 4.78 is 37.2. The lowest BCUT2D eigenvalue weighted by Gasteiger charge is -2.14. The van der Waals surface area contributed by atoms with E-state index in [4.69, 9.17) is 9.47 Å². The first-order chi connectivity index (χ1) is 12.3. The standard InChI is InChI=1S/C19H19F2NO4/c1-11(2)25-15-7-4-13(5-8-15)19(24)26-12(3)18(23)22-17-10-14(20)6-9-16(17)21/h4-12H,1-3H3,(H,22,23)/t12-/m1/s1. The van der Waals surface area contributed by atoms with Gasteiger partial charge in [-0.15, -0.1) is 0 Å². The van der Waals surface area contributed by atoms with Gasteiger partial charge in [0.1, 0.15) is 17.4 Å². The highest BCUT2D eigenvalue weighted by Crippen LogP contribution is 2.17. The predicted molar refractivity (Wildman–Crippen MR) is 92.1 cm³/mol. The van der Waals surface area contributed by atoms with Gasteiger partial charge in [-0.25, -0.2) is 13.6 Å². The van der Waals surface area contributed by atoms with E-state index in [1.807, 2.05) is 13.8 Å². The Morgan fingerprint density at radius 3 is 2.27 bits per heavy atom. The van der Waals surface area contributed by atoms with Crippen molar-refractivity contribution in [1.29, 1.82) is 0 Å². The molecule has 0 fully saturated rings. The Morgan fingerprint density at radius 1 is 1.00 bits per heavy atom. The van der Waals surface area contributed by atoms with Crippen LogP contribution in [0.25, 0.3) is 0 Å². The summed E-state index contributed by atoms with van der Waals surface area (Å²) in [5, 5.41) is 2.19. The van der Waals surface area contributed by atoms with Gasteiger partial charge in [0.2, 0.25) is 0 Å². The smallest absolute Gasteiger partial charge is 0.338 e. The Hall–Kier alpha value is -2.96. The summed E-state index contributed by atoms with van der Waals surface area (Å²) in [7, 11) is 0. The zero-order valence-electron chi connectivity index (χ0n) is 14.6. The van der Waals surface area contributed by atoms with Crippen molar-refractivity contribution in [3.63, 3.8) is 0 Å². The third-order valence-electron chi connectivity index (χ3n) is 3.30. The summed E-state index contributed by atoms with van der Waals surface area (Å²) in [5.74, 6) is -2.39. The zero-order valence-corrected chi connectivity index (χ0v) is 14.6. The van der Waals surface area contributed by atoms with E-state index in [0.29, 0.717) is 5.75 Å². The van der Waals surface area contributed by atoms with Gasteiger partial charge in [-0.2, -0.15) is 0 Å². The Morgan fingerprint density at radius 2 is 1.65 bits per heavy atom. The molecule has 2 aromatic carbocycles. The lowest BCUT2D eigenvalue weighted by molar-refractivity contribution is -0.123. The molecule has 7 heteroatoms. The topological polar surface area (TPSA) is 64.6 Å². The first-order valence-corrected chi connectivity index (χ1v) is 8.00. The number of nitrogens with one attached hydrogen (secondary N) is 1. The summed E-state index contributed by atoms with van der Waals surface area (Å²) in [6.07, 6.45) is -1.20. The molecule has 1 N–H and O–H groups in total. The highest BCUT2D eigenvalue weighted by atomic mass is 19.1. The second-order valence-electron chi connectivity index (χ2n) is 5.85. The van der Waals surface area contributed by atoms with Gasteiger partial charge in [0.25, 0.3) is 5.91 Å². The molecule has 2 aromatic rings. The van der Waals surface area contributed by atoms with Crippen molar-refractivity contribution in [3.05, 3.63) is 59.7 Å². The number of amides is 1. The van der Waals surface area contributed by atoms with Gasteiger partial charge in [0.15, 0.2) is 6.10 Å². The van der Waals surface area contributed by atoms with Crippen LogP contribution in [0.4, 0.5) is 14.5 Å². The maximum Gasteiger partial charge on any atom is 0.338 e. The lowest BCUT2D eigenvalue weighted by atomic mass is 10.2. The molecule has 0 radical (unpaired) electrons. The van der Waals surface area contributed by atoms with Gasteiger partial charge < -0.3 is 14.8 Å². The minimum Gasteiger partial charge on any atom is -0.491 e. The highest BCUT2D eigenvalue weighted by molar-refractivity contribution is 5.97. The summed E-state index contributed by atoms with van der Waals surface area (Å²) in [4.78, 5) is 24.1. The van der Waals surface area contributed by atoms with Gasteiger partial charge in [0.05, 0.1) is 17.4 Å². The third kappa shape index (κ3) is 5.27. The van der Waals surface area contributed by atoms with Gasteiger partial charge >= 0.3 is 5.97 Å². The number of ether oxygens (including phenoxy) is 2. The summed E-state index contributed by atoms with van der Waals surface area (Å²) in [5.41, 5.74) is -0.0919. The molecule has 0 aromatic heterocycles. The second kappa shape index (κ2) is 8.42. The van der Waals surface area contributed by atoms with Crippen LogP contribution in [0.3, 0.4) is 0 Å². The van der Waals surface area contributed by atoms with Crippen molar-refractivity contribution in [3.8, 4) is 5.75 Å². The molecule has 138 valence electrons.